The van der Waals surface area contributed by atoms with Gasteiger partial charge in [-0.05, 0) is 18.9 Å². The van der Waals surface area contributed by atoms with E-state index in [1.165, 1.54) is 0 Å². The average Bonchev–Trinajstić information content (AvgIpc) is 3.82. The van der Waals surface area contributed by atoms with Crippen LogP contribution in [0.15, 0.2) is 40.9 Å². The van der Waals surface area contributed by atoms with Gasteiger partial charge in [-0.25, -0.2) is 14.6 Å². The van der Waals surface area contributed by atoms with Crippen LogP contribution in [0, 0.1) is 0 Å². The van der Waals surface area contributed by atoms with Gasteiger partial charge in [-0.1, -0.05) is 34.1 Å². The minimum atomic E-state index is -1.16. The van der Waals surface area contributed by atoms with Crippen LogP contribution in [0.1, 0.15) is 56.8 Å². The number of hydrogen-bond donors (Lipinski definition) is 2. The molecule has 20 nitrogen and oxygen atoms in total. The van der Waals surface area contributed by atoms with Crippen LogP contribution in [0.3, 0.4) is 0 Å². The summed E-state index contributed by atoms with van der Waals surface area (Å²) in [5, 5.41) is 5.26. The Morgan fingerprint density at radius 2 is 1.25 bits per heavy atom. The number of ether oxygens (including phenoxy) is 5. The molecular weight excluding hydrogens is 822 g/mol. The summed E-state index contributed by atoms with van der Waals surface area (Å²) in [6.45, 7) is -1.65. The number of carbonyl (C=O) groups excluding carboxylic acids is 10. The fraction of sp³-hybridized carbons (Fsp3) is 0.500. The lowest BCUT2D eigenvalue weighted by Crippen LogP contribution is -2.41. The summed E-state index contributed by atoms with van der Waals surface area (Å²) in [6.07, 6.45) is -0.238. The topological polar surface area (TPSA) is 251 Å². The van der Waals surface area contributed by atoms with E-state index in [9.17, 15) is 47.9 Å². The van der Waals surface area contributed by atoms with Crippen LogP contribution in [0.25, 0.3) is 0 Å². The molecule has 21 heteroatoms. The third-order valence-electron chi connectivity index (χ3n) is 8.37. The number of halogens is 1. The molecule has 2 fully saturated rings. The molecule has 1 aromatic rings. The van der Waals surface area contributed by atoms with E-state index in [0.717, 1.165) is 21.5 Å². The van der Waals surface area contributed by atoms with Crippen molar-refractivity contribution in [3.05, 3.63) is 46.5 Å². The van der Waals surface area contributed by atoms with Crippen molar-refractivity contribution < 1.29 is 71.6 Å². The number of carbonyl (C=O) groups is 10. The summed E-state index contributed by atoms with van der Waals surface area (Å²) in [5.74, 6) is -5.73. The summed E-state index contributed by atoms with van der Waals surface area (Å²) in [6, 6.07) is 7.25. The first-order valence-electron chi connectivity index (χ1n) is 18.0. The molecule has 2 unspecified atom stereocenters. The quantitative estimate of drug-likeness (QED) is 0.0846. The fourth-order valence-corrected chi connectivity index (χ4v) is 5.93. The number of nitrogens with one attached hydrogen (secondary N) is 2. The van der Waals surface area contributed by atoms with Crippen molar-refractivity contribution in [1.29, 1.82) is 0 Å². The molecule has 4 rings (SSSR count). The highest BCUT2D eigenvalue weighted by molar-refractivity contribution is 9.10. The largest absolute Gasteiger partial charge is 0.447 e. The van der Waals surface area contributed by atoms with Crippen LogP contribution >= 0.6 is 15.9 Å². The molecule has 0 aromatic heterocycles. The van der Waals surface area contributed by atoms with Gasteiger partial charge in [0.1, 0.15) is 25.9 Å². The molecule has 3 heterocycles. The molecular formula is C36H42BrN5O15. The maximum atomic E-state index is 12.5. The van der Waals surface area contributed by atoms with Gasteiger partial charge in [0.15, 0.2) is 6.29 Å². The number of hydrogen-bond acceptors (Lipinski definition) is 15. The molecule has 308 valence electrons. The molecule has 2 saturated heterocycles. The van der Waals surface area contributed by atoms with E-state index in [1.807, 2.05) is 12.1 Å². The molecule has 2 N–H and O–H groups in total. The molecule has 0 radical (unpaired) electrons. The van der Waals surface area contributed by atoms with Crippen molar-refractivity contribution in [3.8, 4) is 0 Å². The zero-order chi connectivity index (χ0) is 41.3. The van der Waals surface area contributed by atoms with E-state index in [4.69, 9.17) is 23.7 Å². The number of imide groups is 7. The van der Waals surface area contributed by atoms with Gasteiger partial charge in [0.05, 0.1) is 19.8 Å². The van der Waals surface area contributed by atoms with Gasteiger partial charge < -0.3 is 34.3 Å². The first-order valence-corrected chi connectivity index (χ1v) is 18.8. The maximum Gasteiger partial charge on any atom is 0.407 e. The SMILES string of the molecule is O=C(CCN1C(=O)C=CC1=O)NCCCOC(OCCCNC(=O)OCC(COCC(=O)N1C(=O)CCC1=O)OCC(=O)N1C(=O)CCC1=O)c1ccccc1Br. The number of likely N-dealkylation sites (tertiary alicyclic amines) is 2. The number of alkyl carbamates (subject to hydrolysis) is 1. The monoisotopic (exact) mass is 863 g/mol. The van der Waals surface area contributed by atoms with Gasteiger partial charge in [0, 0.05) is 73.9 Å². The van der Waals surface area contributed by atoms with E-state index in [0.29, 0.717) is 28.2 Å². The lowest BCUT2D eigenvalue weighted by Gasteiger charge is -2.21. The highest BCUT2D eigenvalue weighted by atomic mass is 79.9. The van der Waals surface area contributed by atoms with E-state index in [1.54, 1.807) is 12.1 Å². The van der Waals surface area contributed by atoms with Gasteiger partial charge in [0.2, 0.25) is 29.5 Å². The van der Waals surface area contributed by atoms with Gasteiger partial charge in [-0.15, -0.1) is 0 Å². The molecule has 57 heavy (non-hydrogen) atoms. The van der Waals surface area contributed by atoms with Crippen molar-refractivity contribution in [2.75, 3.05) is 59.3 Å². The van der Waals surface area contributed by atoms with Gasteiger partial charge >= 0.3 is 6.09 Å². The van der Waals surface area contributed by atoms with Crippen LogP contribution < -0.4 is 10.6 Å². The van der Waals surface area contributed by atoms with Crippen molar-refractivity contribution in [2.24, 2.45) is 0 Å². The molecule has 3 aliphatic heterocycles. The number of nitrogens with zero attached hydrogens (tertiary/aromatic N) is 3. The Hall–Kier alpha value is -5.22. The molecule has 0 spiro atoms. The minimum absolute atomic E-state index is 0.0193. The predicted octanol–water partition coefficient (Wildman–Crippen LogP) is 0.172. The highest BCUT2D eigenvalue weighted by Gasteiger charge is 2.36. The fourth-order valence-electron chi connectivity index (χ4n) is 5.46. The Bertz CT molecular complexity index is 1700. The number of benzene rings is 1. The molecule has 1 aromatic carbocycles. The predicted molar refractivity (Wildman–Crippen MR) is 194 cm³/mol. The first kappa shape index (κ1) is 44.5. The summed E-state index contributed by atoms with van der Waals surface area (Å²) < 4.78 is 28.6. The summed E-state index contributed by atoms with van der Waals surface area (Å²) >= 11 is 3.48. The third kappa shape index (κ3) is 13.7. The van der Waals surface area contributed by atoms with E-state index < -0.39 is 92.2 Å². The Morgan fingerprint density at radius 3 is 1.82 bits per heavy atom. The highest BCUT2D eigenvalue weighted by Crippen LogP contribution is 2.27. The Morgan fingerprint density at radius 1 is 0.702 bits per heavy atom. The normalized spacial score (nSPS) is 16.5. The second-order valence-corrected chi connectivity index (χ2v) is 13.4. The summed E-state index contributed by atoms with van der Waals surface area (Å²) in [7, 11) is 0. The van der Waals surface area contributed by atoms with E-state index in [-0.39, 0.29) is 70.9 Å². The van der Waals surface area contributed by atoms with Gasteiger partial charge in [0.25, 0.3) is 23.6 Å². The van der Waals surface area contributed by atoms with Crippen LogP contribution in [0.4, 0.5) is 4.79 Å². The number of amides is 10. The Kier molecular flexibility index (Phi) is 17.6. The lowest BCUT2D eigenvalue weighted by atomic mass is 10.2. The van der Waals surface area contributed by atoms with Crippen molar-refractivity contribution >= 4 is 75.2 Å². The van der Waals surface area contributed by atoms with Crippen LogP contribution in [-0.2, 0) is 66.8 Å². The first-order chi connectivity index (χ1) is 27.3. The zero-order valence-corrected chi connectivity index (χ0v) is 32.4. The lowest BCUT2D eigenvalue weighted by molar-refractivity contribution is -0.158. The molecule has 3 aliphatic rings. The molecule has 10 amide bonds. The van der Waals surface area contributed by atoms with Crippen LogP contribution in [0.5, 0.6) is 0 Å². The maximum absolute atomic E-state index is 12.5. The van der Waals surface area contributed by atoms with Gasteiger partial charge in [-0.2, -0.15) is 0 Å². The van der Waals surface area contributed by atoms with E-state index in [2.05, 4.69) is 26.6 Å². The Labute approximate surface area is 334 Å². The van der Waals surface area contributed by atoms with Gasteiger partial charge in [-0.3, -0.25) is 48.1 Å². The second kappa shape index (κ2) is 22.5. The van der Waals surface area contributed by atoms with Crippen molar-refractivity contribution in [1.82, 2.24) is 25.3 Å². The molecule has 0 saturated carbocycles. The minimum Gasteiger partial charge on any atom is -0.447 e. The van der Waals surface area contributed by atoms with Crippen molar-refractivity contribution in [3.63, 3.8) is 0 Å². The molecule has 2 atom stereocenters. The Balaban J connectivity index is 1.17. The summed E-state index contributed by atoms with van der Waals surface area (Å²) in [5.41, 5.74) is 0.702. The zero-order valence-electron chi connectivity index (χ0n) is 30.8. The summed E-state index contributed by atoms with van der Waals surface area (Å²) in [4.78, 5) is 122. The average molecular weight is 865 g/mol. The standard InChI is InChI=1S/C36H42BrN5O15/c37-25-6-2-1-5-24(25)35(54-17-3-14-38-26(43)13-16-40-27(44)7-8-28(40)45)55-18-4-15-39-36(52)57-20-23(56-22-34(51)42-31(48)11-12-32(42)49)19-53-21-33(50)41-29(46)9-10-30(41)47/h1-2,5-8,23,35H,3-4,9-22H2,(H,38,43)(H,39,52). The van der Waals surface area contributed by atoms with Crippen molar-refractivity contribution in [2.45, 2.75) is 57.3 Å². The van der Waals surface area contributed by atoms with Crippen LogP contribution in [-0.4, -0.2) is 139 Å². The second-order valence-electron chi connectivity index (χ2n) is 12.6. The smallest absolute Gasteiger partial charge is 0.407 e. The molecule has 0 bridgehead atoms. The molecule has 0 aliphatic carbocycles. The number of rotatable bonds is 23. The van der Waals surface area contributed by atoms with E-state index >= 15 is 0 Å². The van der Waals surface area contributed by atoms with Crippen LogP contribution in [0.2, 0.25) is 0 Å². The third-order valence-corrected chi connectivity index (χ3v) is 9.09.